The summed E-state index contributed by atoms with van der Waals surface area (Å²) in [6.45, 7) is 0.870. The molecule has 0 bridgehead atoms. The lowest BCUT2D eigenvalue weighted by Gasteiger charge is -2.12. The minimum Gasteiger partial charge on any atom is -0.388 e. The summed E-state index contributed by atoms with van der Waals surface area (Å²) in [6, 6.07) is 5.02. The lowest BCUT2D eigenvalue weighted by Crippen LogP contribution is -2.13. The number of hydrogen-bond donors (Lipinski definition) is 2. The van der Waals surface area contributed by atoms with Gasteiger partial charge in [-0.25, -0.2) is 0 Å². The summed E-state index contributed by atoms with van der Waals surface area (Å²) >= 11 is 1.97. The van der Waals surface area contributed by atoms with Gasteiger partial charge in [0.1, 0.15) is 0 Å². The lowest BCUT2D eigenvalue weighted by molar-refractivity contribution is -0.384. The summed E-state index contributed by atoms with van der Waals surface area (Å²) in [4.78, 5) is 10.5. The van der Waals surface area contributed by atoms with Crippen LogP contribution in [-0.2, 0) is 0 Å². The van der Waals surface area contributed by atoms with Gasteiger partial charge in [0.2, 0.25) is 0 Å². The Morgan fingerprint density at radius 3 is 2.83 bits per heavy atom. The molecule has 18 heavy (non-hydrogen) atoms. The largest absolute Gasteiger partial charge is 0.388 e. The lowest BCUT2D eigenvalue weighted by atomic mass is 10.2. The summed E-state index contributed by atoms with van der Waals surface area (Å²) in [6.07, 6.45) is 2.50. The maximum Gasteiger partial charge on any atom is 0.273 e. The quantitative estimate of drug-likeness (QED) is 0.634. The van der Waals surface area contributed by atoms with Crippen LogP contribution in [0.5, 0.6) is 0 Å². The summed E-state index contributed by atoms with van der Waals surface area (Å²) < 4.78 is 0. The van der Waals surface area contributed by atoms with Gasteiger partial charge in [-0.3, -0.25) is 10.1 Å². The molecule has 0 amide bonds. The minimum absolute atomic E-state index is 0.114. The normalized spacial score (nSPS) is 18.6. The highest BCUT2D eigenvalue weighted by Gasteiger charge is 2.16. The molecule has 0 aromatic heterocycles. The maximum absolute atomic E-state index is 10.8. The van der Waals surface area contributed by atoms with E-state index in [2.05, 4.69) is 10.6 Å². The van der Waals surface area contributed by atoms with Gasteiger partial charge in [-0.15, -0.1) is 0 Å². The second kappa shape index (κ2) is 5.95. The SMILES string of the molecule is CNc1cc(NCC2CCCS2)cc([N+](=O)[O-])c1. The van der Waals surface area contributed by atoms with Crippen molar-refractivity contribution in [2.24, 2.45) is 0 Å². The van der Waals surface area contributed by atoms with Crippen LogP contribution in [0.2, 0.25) is 0 Å². The predicted octanol–water partition coefficient (Wildman–Crippen LogP) is 2.94. The molecule has 1 atom stereocenters. The Labute approximate surface area is 110 Å². The molecule has 1 aliphatic rings. The monoisotopic (exact) mass is 267 g/mol. The van der Waals surface area contributed by atoms with Gasteiger partial charge in [0.15, 0.2) is 0 Å². The van der Waals surface area contributed by atoms with E-state index in [9.17, 15) is 10.1 Å². The second-order valence-corrected chi connectivity index (χ2v) is 5.70. The van der Waals surface area contributed by atoms with Crippen molar-refractivity contribution in [3.8, 4) is 0 Å². The molecule has 1 saturated heterocycles. The first-order valence-electron chi connectivity index (χ1n) is 6.02. The second-order valence-electron chi connectivity index (χ2n) is 4.29. The molecule has 1 fully saturated rings. The Kier molecular flexibility index (Phi) is 4.30. The fourth-order valence-corrected chi connectivity index (χ4v) is 3.20. The molecule has 6 heteroatoms. The number of nitrogens with zero attached hydrogens (tertiary/aromatic N) is 1. The smallest absolute Gasteiger partial charge is 0.273 e. The van der Waals surface area contributed by atoms with Crippen LogP contribution in [0.25, 0.3) is 0 Å². The van der Waals surface area contributed by atoms with E-state index in [-0.39, 0.29) is 10.6 Å². The molecule has 0 spiro atoms. The average Bonchev–Trinajstić information content (AvgIpc) is 2.89. The van der Waals surface area contributed by atoms with E-state index >= 15 is 0 Å². The van der Waals surface area contributed by atoms with Gasteiger partial charge in [0.05, 0.1) is 4.92 Å². The fourth-order valence-electron chi connectivity index (χ4n) is 2.00. The average molecular weight is 267 g/mol. The van der Waals surface area contributed by atoms with E-state index in [4.69, 9.17) is 0 Å². The van der Waals surface area contributed by atoms with Gasteiger partial charge in [0, 0.05) is 42.3 Å². The van der Waals surface area contributed by atoms with Crippen molar-refractivity contribution < 1.29 is 4.92 Å². The molecule has 0 radical (unpaired) electrons. The van der Waals surface area contributed by atoms with Crippen LogP contribution in [0.4, 0.5) is 17.1 Å². The van der Waals surface area contributed by atoms with Crippen molar-refractivity contribution in [1.82, 2.24) is 0 Å². The van der Waals surface area contributed by atoms with E-state index in [0.29, 0.717) is 5.25 Å². The third kappa shape index (κ3) is 3.29. The maximum atomic E-state index is 10.8. The number of nitro benzene ring substituents is 1. The summed E-state index contributed by atoms with van der Waals surface area (Å²) in [5.41, 5.74) is 1.68. The number of rotatable bonds is 5. The Morgan fingerprint density at radius 1 is 1.44 bits per heavy atom. The molecule has 0 saturated carbocycles. The topological polar surface area (TPSA) is 67.2 Å². The first kappa shape index (κ1) is 13.0. The molecular formula is C12H17N3O2S. The van der Waals surface area contributed by atoms with E-state index < -0.39 is 0 Å². The van der Waals surface area contributed by atoms with Crippen molar-refractivity contribution in [2.75, 3.05) is 30.0 Å². The standard InChI is InChI=1S/C12H17N3O2S/c1-13-9-5-10(7-11(6-9)15(16)17)14-8-12-3-2-4-18-12/h5-7,12-14H,2-4,8H2,1H3. The summed E-state index contributed by atoms with van der Waals surface area (Å²) in [7, 11) is 1.76. The Morgan fingerprint density at radius 2 is 2.22 bits per heavy atom. The van der Waals surface area contributed by atoms with Gasteiger partial charge < -0.3 is 10.6 Å². The van der Waals surface area contributed by atoms with Crippen LogP contribution in [0.3, 0.4) is 0 Å². The molecule has 1 aromatic rings. The zero-order valence-corrected chi connectivity index (χ0v) is 11.1. The van der Waals surface area contributed by atoms with Gasteiger partial charge in [-0.2, -0.15) is 11.8 Å². The van der Waals surface area contributed by atoms with Gasteiger partial charge in [-0.1, -0.05) is 0 Å². The zero-order valence-electron chi connectivity index (χ0n) is 10.3. The number of nitro groups is 1. The van der Waals surface area contributed by atoms with Gasteiger partial charge in [0.25, 0.3) is 5.69 Å². The van der Waals surface area contributed by atoms with Crippen LogP contribution in [0.1, 0.15) is 12.8 Å². The van der Waals surface area contributed by atoms with Crippen LogP contribution >= 0.6 is 11.8 Å². The molecule has 2 N–H and O–H groups in total. The van der Waals surface area contributed by atoms with Gasteiger partial charge in [-0.05, 0) is 24.7 Å². The third-order valence-electron chi connectivity index (χ3n) is 2.98. The molecule has 1 aromatic carbocycles. The van der Waals surface area contributed by atoms with Crippen molar-refractivity contribution in [3.05, 3.63) is 28.3 Å². The molecular weight excluding hydrogens is 250 g/mol. The van der Waals surface area contributed by atoms with E-state index in [0.717, 1.165) is 17.9 Å². The number of non-ortho nitro benzene ring substituents is 1. The zero-order chi connectivity index (χ0) is 13.0. The Balaban J connectivity index is 2.05. The van der Waals surface area contributed by atoms with Crippen molar-refractivity contribution in [2.45, 2.75) is 18.1 Å². The number of benzene rings is 1. The molecule has 1 unspecified atom stereocenters. The van der Waals surface area contributed by atoms with Crippen molar-refractivity contribution in [3.63, 3.8) is 0 Å². The number of thioether (sulfide) groups is 1. The van der Waals surface area contributed by atoms with Crippen molar-refractivity contribution >= 4 is 28.8 Å². The highest BCUT2D eigenvalue weighted by Crippen LogP contribution is 2.28. The first-order chi connectivity index (χ1) is 8.69. The molecule has 1 heterocycles. The Hall–Kier alpha value is -1.43. The fraction of sp³-hybridized carbons (Fsp3) is 0.500. The highest BCUT2D eigenvalue weighted by molar-refractivity contribution is 8.00. The van der Waals surface area contributed by atoms with Gasteiger partial charge >= 0.3 is 0 Å². The molecule has 1 aliphatic heterocycles. The minimum atomic E-state index is -0.365. The van der Waals surface area contributed by atoms with Crippen LogP contribution in [-0.4, -0.2) is 29.5 Å². The van der Waals surface area contributed by atoms with Crippen LogP contribution in [0, 0.1) is 10.1 Å². The molecule has 0 aliphatic carbocycles. The number of nitrogens with one attached hydrogen (secondary N) is 2. The van der Waals surface area contributed by atoms with E-state index in [1.54, 1.807) is 13.1 Å². The Bertz CT molecular complexity index is 433. The summed E-state index contributed by atoms with van der Waals surface area (Å²) in [5.74, 6) is 1.23. The third-order valence-corrected chi connectivity index (χ3v) is 4.37. The first-order valence-corrected chi connectivity index (χ1v) is 7.06. The summed E-state index contributed by atoms with van der Waals surface area (Å²) in [5, 5.41) is 17.7. The predicted molar refractivity (Wildman–Crippen MR) is 76.6 cm³/mol. The van der Waals surface area contributed by atoms with Crippen LogP contribution in [0.15, 0.2) is 18.2 Å². The van der Waals surface area contributed by atoms with Crippen LogP contribution < -0.4 is 10.6 Å². The van der Waals surface area contributed by atoms with E-state index in [1.807, 2.05) is 17.8 Å². The highest BCUT2D eigenvalue weighted by atomic mass is 32.2. The molecule has 98 valence electrons. The number of anilines is 2. The molecule has 2 rings (SSSR count). The van der Waals surface area contributed by atoms with Crippen molar-refractivity contribution in [1.29, 1.82) is 0 Å². The number of hydrogen-bond acceptors (Lipinski definition) is 5. The molecule has 5 nitrogen and oxygen atoms in total. The van der Waals surface area contributed by atoms with E-state index in [1.165, 1.54) is 24.7 Å².